The van der Waals surface area contributed by atoms with E-state index in [0.717, 1.165) is 48.4 Å². The zero-order chi connectivity index (χ0) is 26.9. The number of ketones is 1. The summed E-state index contributed by atoms with van der Waals surface area (Å²) in [5.41, 5.74) is 2.70. The van der Waals surface area contributed by atoms with E-state index >= 15 is 0 Å². The number of carbonyl (C=O) groups excluding carboxylic acids is 3. The molecule has 4 saturated carbocycles. The van der Waals surface area contributed by atoms with Crippen molar-refractivity contribution in [1.29, 1.82) is 0 Å². The summed E-state index contributed by atoms with van der Waals surface area (Å²) in [5.74, 6) is 1.78. The summed E-state index contributed by atoms with van der Waals surface area (Å²) in [6, 6.07) is 8.94. The summed E-state index contributed by atoms with van der Waals surface area (Å²) in [6.45, 7) is 4.70. The lowest BCUT2D eigenvalue weighted by Crippen LogP contribution is -2.60. The van der Waals surface area contributed by atoms with Crippen LogP contribution in [0.5, 0.6) is 0 Å². The van der Waals surface area contributed by atoms with Gasteiger partial charge in [0.2, 0.25) is 11.7 Å². The van der Waals surface area contributed by atoms with Crippen LogP contribution in [0.25, 0.3) is 0 Å². The molecule has 0 aliphatic heterocycles. The van der Waals surface area contributed by atoms with Gasteiger partial charge in [0, 0.05) is 41.0 Å². The zero-order valence-electron chi connectivity index (χ0n) is 22.6. The van der Waals surface area contributed by atoms with E-state index in [4.69, 9.17) is 9.47 Å². The maximum absolute atomic E-state index is 13.0. The highest BCUT2D eigenvalue weighted by Crippen LogP contribution is 2.55. The first-order valence-electron chi connectivity index (χ1n) is 13.7. The molecule has 1 N–H and O–H groups in total. The summed E-state index contributed by atoms with van der Waals surface area (Å²) < 4.78 is 12.6. The Morgan fingerprint density at radius 3 is 2.34 bits per heavy atom. The first-order valence-corrected chi connectivity index (χ1v) is 14.6. The van der Waals surface area contributed by atoms with Crippen LogP contribution in [0.15, 0.2) is 35.2 Å². The van der Waals surface area contributed by atoms with Gasteiger partial charge in [-0.05, 0) is 88.3 Å². The average Bonchev–Trinajstić information content (AvgIpc) is 3.16. The lowest BCUT2D eigenvalue weighted by molar-refractivity contribution is -0.124. The molecule has 6 rings (SSSR count). The van der Waals surface area contributed by atoms with Crippen LogP contribution in [0.2, 0.25) is 0 Å². The van der Waals surface area contributed by atoms with Gasteiger partial charge in [-0.2, -0.15) is 0 Å². The zero-order valence-corrected chi connectivity index (χ0v) is 23.4. The number of methoxy groups -OCH3 is 1. The maximum atomic E-state index is 13.0. The van der Waals surface area contributed by atoms with Gasteiger partial charge >= 0.3 is 5.97 Å². The van der Waals surface area contributed by atoms with E-state index in [1.165, 1.54) is 31.0 Å². The molecule has 7 nitrogen and oxygen atoms in total. The molecule has 1 aromatic heterocycles. The maximum Gasteiger partial charge on any atom is 0.339 e. The smallest absolute Gasteiger partial charge is 0.339 e. The number of rotatable bonds is 11. The van der Waals surface area contributed by atoms with Gasteiger partial charge in [0.1, 0.15) is 0 Å². The number of amides is 1. The molecule has 0 unspecified atom stereocenters. The van der Waals surface area contributed by atoms with Gasteiger partial charge in [-0.3, -0.25) is 9.59 Å². The van der Waals surface area contributed by atoms with Crippen molar-refractivity contribution in [2.75, 3.05) is 26.1 Å². The van der Waals surface area contributed by atoms with E-state index < -0.39 is 5.97 Å². The van der Waals surface area contributed by atoms with E-state index in [9.17, 15) is 14.4 Å². The first-order chi connectivity index (χ1) is 18.3. The minimum absolute atomic E-state index is 0.0236. The van der Waals surface area contributed by atoms with E-state index in [-0.39, 0.29) is 29.6 Å². The molecule has 0 spiro atoms. The molecule has 8 heteroatoms. The molecular formula is C30H38N2O5S. The Hall–Kier alpha value is -2.58. The van der Waals surface area contributed by atoms with Crippen molar-refractivity contribution in [2.45, 2.75) is 69.4 Å². The Balaban J connectivity index is 1.16. The lowest BCUT2D eigenvalue weighted by Gasteiger charge is -2.56. The third kappa shape index (κ3) is 5.71. The fourth-order valence-corrected chi connectivity index (χ4v) is 8.24. The van der Waals surface area contributed by atoms with E-state index in [0.29, 0.717) is 29.2 Å². The molecule has 0 saturated heterocycles. The fourth-order valence-electron chi connectivity index (χ4n) is 7.40. The molecule has 1 amide bonds. The van der Waals surface area contributed by atoms with Crippen LogP contribution in [0.1, 0.15) is 70.6 Å². The van der Waals surface area contributed by atoms with Gasteiger partial charge in [-0.1, -0.05) is 12.1 Å². The average molecular weight is 539 g/mol. The van der Waals surface area contributed by atoms with Crippen LogP contribution in [0.3, 0.4) is 0 Å². The van der Waals surface area contributed by atoms with E-state index in [1.54, 1.807) is 19.2 Å². The summed E-state index contributed by atoms with van der Waals surface area (Å²) in [5, 5.41) is 3.40. The van der Waals surface area contributed by atoms with Crippen LogP contribution in [0.4, 0.5) is 0 Å². The number of Topliss-reactive ketones (excluding diaryl/α,β-unsaturated/α-hetero) is 1. The summed E-state index contributed by atoms with van der Waals surface area (Å²) >= 11 is 1.35. The number of hydrogen-bond donors (Lipinski definition) is 1. The molecule has 0 radical (unpaired) electrons. The highest BCUT2D eigenvalue weighted by atomic mass is 32.2. The third-order valence-corrected chi connectivity index (χ3v) is 9.71. The number of aryl methyl sites for hydroxylation is 1. The van der Waals surface area contributed by atoms with Crippen molar-refractivity contribution in [3.05, 3.63) is 52.8 Å². The number of hydrogen-bond acceptors (Lipinski definition) is 6. The molecule has 1 aromatic carbocycles. The van der Waals surface area contributed by atoms with E-state index in [1.807, 2.05) is 36.6 Å². The normalized spacial score (nSPS) is 25.4. The number of carbonyl (C=O) groups is 3. The molecule has 0 atom stereocenters. The van der Waals surface area contributed by atoms with Crippen LogP contribution >= 0.6 is 11.8 Å². The number of esters is 1. The third-order valence-electron chi connectivity index (χ3n) is 8.64. The number of nitrogens with zero attached hydrogens (tertiary/aromatic N) is 1. The highest BCUT2D eigenvalue weighted by molar-refractivity contribution is 8.00. The summed E-state index contributed by atoms with van der Waals surface area (Å²) in [4.78, 5) is 39.5. The second-order valence-electron chi connectivity index (χ2n) is 11.5. The van der Waals surface area contributed by atoms with Crippen LogP contribution in [-0.2, 0) is 20.8 Å². The predicted molar refractivity (Wildman–Crippen MR) is 147 cm³/mol. The van der Waals surface area contributed by atoms with Crippen molar-refractivity contribution >= 4 is 29.4 Å². The molecule has 4 aliphatic rings. The fraction of sp³-hybridized carbons (Fsp3) is 0.567. The van der Waals surface area contributed by atoms with Crippen LogP contribution in [0, 0.1) is 31.6 Å². The Labute approximate surface area is 229 Å². The van der Waals surface area contributed by atoms with Gasteiger partial charge in [0.15, 0.2) is 6.61 Å². The Kier molecular flexibility index (Phi) is 8.00. The predicted octanol–water partition coefficient (Wildman–Crippen LogP) is 4.97. The van der Waals surface area contributed by atoms with Crippen molar-refractivity contribution in [2.24, 2.45) is 17.8 Å². The van der Waals surface area contributed by atoms with Crippen molar-refractivity contribution in [1.82, 2.24) is 9.88 Å². The van der Waals surface area contributed by atoms with Gasteiger partial charge < -0.3 is 19.4 Å². The number of thioether (sulfide) groups is 1. The van der Waals surface area contributed by atoms with Crippen LogP contribution < -0.4 is 5.32 Å². The Morgan fingerprint density at radius 1 is 1.03 bits per heavy atom. The van der Waals surface area contributed by atoms with Crippen LogP contribution in [-0.4, -0.2) is 53.8 Å². The van der Waals surface area contributed by atoms with Gasteiger partial charge in [0.25, 0.3) is 0 Å². The van der Waals surface area contributed by atoms with Gasteiger partial charge in [-0.25, -0.2) is 4.79 Å². The quantitative estimate of drug-likeness (QED) is 0.247. The summed E-state index contributed by atoms with van der Waals surface area (Å²) in [6.07, 6.45) is 7.34. The second-order valence-corrected chi connectivity index (χ2v) is 12.5. The van der Waals surface area contributed by atoms with Gasteiger partial charge in [0.05, 0.1) is 17.9 Å². The number of aromatic nitrogens is 1. The van der Waals surface area contributed by atoms with Gasteiger partial charge in [-0.15, -0.1) is 11.8 Å². The highest BCUT2D eigenvalue weighted by Gasteiger charge is 2.51. The molecule has 4 aliphatic carbocycles. The SMILES string of the molecule is COCCn1c(C)cc(C(=O)COC(=O)c2ccccc2SCC(=O)NC23CC4CC(CC(C4)C2)C3)c1C. The second kappa shape index (κ2) is 11.3. The van der Waals surface area contributed by atoms with Crippen molar-refractivity contribution in [3.8, 4) is 0 Å². The molecule has 204 valence electrons. The number of ether oxygens (including phenoxy) is 2. The van der Waals surface area contributed by atoms with Crippen molar-refractivity contribution < 1.29 is 23.9 Å². The minimum Gasteiger partial charge on any atom is -0.454 e. The number of benzene rings is 1. The Morgan fingerprint density at radius 2 is 1.68 bits per heavy atom. The number of nitrogens with one attached hydrogen (secondary N) is 1. The minimum atomic E-state index is -0.559. The monoisotopic (exact) mass is 538 g/mol. The topological polar surface area (TPSA) is 86.6 Å². The molecule has 2 aromatic rings. The molecule has 4 fully saturated rings. The summed E-state index contributed by atoms with van der Waals surface area (Å²) in [7, 11) is 1.64. The largest absolute Gasteiger partial charge is 0.454 e. The standard InChI is InChI=1S/C30H38N2O5S/c1-19-10-25(20(2)32(19)8-9-36-3)26(33)17-37-29(35)24-6-4-5-7-27(24)38-18-28(34)31-30-14-21-11-22(15-30)13-23(12-21)16-30/h4-7,10,21-23H,8-9,11-18H2,1-3H3,(H,31,34). The molecule has 1 heterocycles. The lowest BCUT2D eigenvalue weighted by atomic mass is 9.53. The first kappa shape index (κ1) is 27.0. The molecular weight excluding hydrogens is 500 g/mol. The molecule has 38 heavy (non-hydrogen) atoms. The van der Waals surface area contributed by atoms with Crippen molar-refractivity contribution in [3.63, 3.8) is 0 Å². The Bertz CT molecular complexity index is 1180. The molecule has 4 bridgehead atoms. The van der Waals surface area contributed by atoms with E-state index in [2.05, 4.69) is 5.32 Å².